The quantitative estimate of drug-likeness (QED) is 0.165. The number of fused-ring (bicyclic) bond motifs is 21. The molecule has 0 radical (unpaired) electrons. The number of thiophene rings is 3. The van der Waals surface area contributed by atoms with Gasteiger partial charge in [0.25, 0.3) is 0 Å². The minimum absolute atomic E-state index is 0.274. The predicted molar refractivity (Wildman–Crippen MR) is 322 cm³/mol. The molecule has 0 aliphatic carbocycles. The van der Waals surface area contributed by atoms with Gasteiger partial charge >= 0.3 is 0 Å². The minimum atomic E-state index is 0.274. The van der Waals surface area contributed by atoms with E-state index in [9.17, 15) is 11.8 Å². The SMILES string of the molecule is [C-]#[N+]c1c(C#N)c(-n2c3ccccc3c3ccc4c5ccccc5sc4c32)c(-n2c3ccccc3c3ccc4c5ccccc5sc4c32)c(-c2ccncc2)c1-n1c2ccccc2c2ccc3c4ccccc4sc3c21. The first-order chi connectivity index (χ1) is 37.7. The molecule has 0 aliphatic rings. The van der Waals surface area contributed by atoms with Gasteiger partial charge in [-0.15, -0.1) is 34.0 Å². The van der Waals surface area contributed by atoms with Crippen LogP contribution in [0.5, 0.6) is 0 Å². The molecule has 9 heteroatoms. The maximum Gasteiger partial charge on any atom is 0.230 e. The van der Waals surface area contributed by atoms with E-state index in [-0.39, 0.29) is 5.69 Å². The fraction of sp³-hybridized carbons (Fsp3) is 0. The van der Waals surface area contributed by atoms with Gasteiger partial charge in [-0.05, 0) is 54.1 Å². The molecule has 350 valence electrons. The molecule has 7 aromatic heterocycles. The monoisotopic (exact) mass is 1020 g/mol. The Labute approximate surface area is 444 Å². The van der Waals surface area contributed by atoms with Crippen molar-refractivity contribution in [3.05, 3.63) is 223 Å². The first kappa shape index (κ1) is 41.8. The number of hydrogen-bond acceptors (Lipinski definition) is 5. The highest BCUT2D eigenvalue weighted by atomic mass is 32.1. The summed E-state index contributed by atoms with van der Waals surface area (Å²) in [5.41, 5.74) is 10.3. The van der Waals surface area contributed by atoms with Crippen molar-refractivity contribution in [3.8, 4) is 34.3 Å². The Hall–Kier alpha value is -9.61. The van der Waals surface area contributed by atoms with E-state index in [0.717, 1.165) is 107 Å². The Balaban J connectivity index is 1.20. The van der Waals surface area contributed by atoms with Crippen LogP contribution in [0.2, 0.25) is 0 Å². The third kappa shape index (κ3) is 5.38. The topological polar surface area (TPSA) is 55.8 Å². The highest BCUT2D eigenvalue weighted by Crippen LogP contribution is 2.55. The van der Waals surface area contributed by atoms with Crippen molar-refractivity contribution in [2.24, 2.45) is 0 Å². The second-order valence-corrected chi connectivity index (χ2v) is 22.6. The van der Waals surface area contributed by atoms with Crippen LogP contribution in [0.25, 0.3) is 159 Å². The molecule has 10 aromatic carbocycles. The summed E-state index contributed by atoms with van der Waals surface area (Å²) in [6.07, 6.45) is 3.71. The summed E-state index contributed by atoms with van der Waals surface area (Å²) in [4.78, 5) is 9.29. The first-order valence-corrected chi connectivity index (χ1v) is 27.6. The Morgan fingerprint density at radius 2 is 0.737 bits per heavy atom. The number of pyridine rings is 1. The zero-order valence-electron chi connectivity index (χ0n) is 40.0. The molecule has 17 aromatic rings. The third-order valence-electron chi connectivity index (χ3n) is 15.8. The molecule has 6 nitrogen and oxygen atoms in total. The number of benzene rings is 10. The maximum absolute atomic E-state index is 12.5. The molecule has 0 aliphatic heterocycles. The first-order valence-electron chi connectivity index (χ1n) is 25.1. The van der Waals surface area contributed by atoms with Crippen LogP contribution in [0, 0.1) is 17.9 Å². The van der Waals surface area contributed by atoms with E-state index in [1.165, 1.54) is 35.6 Å². The maximum atomic E-state index is 12.5. The molecule has 0 atom stereocenters. The molecule has 0 unspecified atom stereocenters. The fourth-order valence-corrected chi connectivity index (χ4v) is 16.5. The summed E-state index contributed by atoms with van der Waals surface area (Å²) < 4.78 is 14.1. The lowest BCUT2D eigenvalue weighted by atomic mass is 9.94. The van der Waals surface area contributed by atoms with Gasteiger partial charge in [-0.2, -0.15) is 5.26 Å². The predicted octanol–water partition coefficient (Wildman–Crippen LogP) is 19.6. The summed E-state index contributed by atoms with van der Waals surface area (Å²) >= 11 is 5.36. The summed E-state index contributed by atoms with van der Waals surface area (Å²) in [5, 5.41) is 26.0. The van der Waals surface area contributed by atoms with Gasteiger partial charge in [0.2, 0.25) is 5.69 Å². The Morgan fingerprint density at radius 3 is 1.14 bits per heavy atom. The van der Waals surface area contributed by atoms with Crippen molar-refractivity contribution >= 4 is 166 Å². The summed E-state index contributed by atoms with van der Waals surface area (Å²) in [6, 6.07) is 72.3. The molecule has 0 saturated carbocycles. The standard InChI is InChI=1S/C67H34N6S3/c1-69-58-50(36-68)59(71-51-20-8-2-14-38(51)44-26-29-47-41-17-5-11-23-54(41)74-65(47)60(44)71)64(73-53-22-10-4-16-40(53)46-28-31-49-43-19-7-13-25-56(43)76-67(49)62(46)73)57(37-32-34-70-35-33-37)63(58)72-52-21-9-3-15-39(52)45-27-30-48-42-18-6-12-24-55(42)75-66(48)61(45)72/h2-35H. The average Bonchev–Trinajstić information content (AvgIpc) is 4.48. The lowest BCUT2D eigenvalue weighted by molar-refractivity contribution is 1.08. The van der Waals surface area contributed by atoms with Crippen molar-refractivity contribution in [3.63, 3.8) is 0 Å². The minimum Gasteiger partial charge on any atom is -0.317 e. The van der Waals surface area contributed by atoms with Gasteiger partial charge in [0.1, 0.15) is 0 Å². The largest absolute Gasteiger partial charge is 0.317 e. The Morgan fingerprint density at radius 1 is 0.382 bits per heavy atom. The van der Waals surface area contributed by atoms with Gasteiger partial charge in [0, 0.05) is 96.7 Å². The van der Waals surface area contributed by atoms with Crippen LogP contribution in [0.15, 0.2) is 207 Å². The van der Waals surface area contributed by atoms with Gasteiger partial charge in [0.05, 0.1) is 82.5 Å². The smallest absolute Gasteiger partial charge is 0.230 e. The number of aromatic nitrogens is 4. The number of nitriles is 1. The lowest BCUT2D eigenvalue weighted by Gasteiger charge is -2.27. The molecule has 0 amide bonds. The molecule has 0 N–H and O–H groups in total. The van der Waals surface area contributed by atoms with E-state index < -0.39 is 0 Å². The van der Waals surface area contributed by atoms with Gasteiger partial charge in [-0.25, -0.2) is 4.85 Å². The lowest BCUT2D eigenvalue weighted by Crippen LogP contribution is -2.12. The van der Waals surface area contributed by atoms with Crippen LogP contribution in [0.4, 0.5) is 5.69 Å². The van der Waals surface area contributed by atoms with Crippen molar-refractivity contribution in [1.82, 2.24) is 18.7 Å². The number of rotatable bonds is 4. The van der Waals surface area contributed by atoms with Crippen LogP contribution in [-0.4, -0.2) is 18.7 Å². The molecular formula is C67H34N6S3. The van der Waals surface area contributed by atoms with Gasteiger partial charge < -0.3 is 13.7 Å². The van der Waals surface area contributed by atoms with E-state index >= 15 is 0 Å². The molecule has 17 rings (SSSR count). The average molecular weight is 1020 g/mol. The number of nitrogens with zero attached hydrogens (tertiary/aromatic N) is 6. The van der Waals surface area contributed by atoms with Gasteiger partial charge in [0.15, 0.2) is 0 Å². The molecule has 0 bridgehead atoms. The van der Waals surface area contributed by atoms with Crippen LogP contribution >= 0.6 is 34.0 Å². The number of hydrogen-bond donors (Lipinski definition) is 0. The summed E-state index contributed by atoms with van der Waals surface area (Å²) in [7, 11) is 0. The van der Waals surface area contributed by atoms with Gasteiger partial charge in [-0.1, -0.05) is 146 Å². The Bertz CT molecular complexity index is 5510. The van der Waals surface area contributed by atoms with Crippen molar-refractivity contribution in [2.45, 2.75) is 0 Å². The van der Waals surface area contributed by atoms with Crippen LogP contribution < -0.4 is 0 Å². The van der Waals surface area contributed by atoms with Crippen molar-refractivity contribution in [2.75, 3.05) is 0 Å². The van der Waals surface area contributed by atoms with E-state index in [1.54, 1.807) is 34.0 Å². The van der Waals surface area contributed by atoms with Crippen LogP contribution in [0.3, 0.4) is 0 Å². The highest BCUT2D eigenvalue weighted by molar-refractivity contribution is 7.27. The molecule has 0 saturated heterocycles. The fourth-order valence-electron chi connectivity index (χ4n) is 12.7. The van der Waals surface area contributed by atoms with Crippen LogP contribution in [0.1, 0.15) is 5.56 Å². The second-order valence-electron chi connectivity index (χ2n) is 19.5. The molecule has 7 heterocycles. The molecular weight excluding hydrogens is 985 g/mol. The number of para-hydroxylation sites is 3. The molecule has 76 heavy (non-hydrogen) atoms. The highest BCUT2D eigenvalue weighted by Gasteiger charge is 2.35. The van der Waals surface area contributed by atoms with E-state index in [2.05, 4.69) is 224 Å². The normalized spacial score (nSPS) is 12.2. The molecule has 0 fully saturated rings. The van der Waals surface area contributed by atoms with E-state index in [1.807, 2.05) is 12.4 Å². The van der Waals surface area contributed by atoms with E-state index in [4.69, 9.17) is 0 Å². The summed E-state index contributed by atoms with van der Waals surface area (Å²) in [5.74, 6) is 0. The Kier molecular flexibility index (Phi) is 8.51. The van der Waals surface area contributed by atoms with Crippen molar-refractivity contribution in [1.29, 1.82) is 5.26 Å². The molecule has 0 spiro atoms. The third-order valence-corrected chi connectivity index (χ3v) is 19.4. The van der Waals surface area contributed by atoms with E-state index in [0.29, 0.717) is 16.9 Å². The van der Waals surface area contributed by atoms with Gasteiger partial charge in [-0.3, -0.25) is 4.98 Å². The zero-order chi connectivity index (χ0) is 49.9. The zero-order valence-corrected chi connectivity index (χ0v) is 42.5. The summed E-state index contributed by atoms with van der Waals surface area (Å²) in [6.45, 7) is 9.63. The second kappa shape index (κ2) is 15.5. The van der Waals surface area contributed by atoms with Crippen molar-refractivity contribution < 1.29 is 0 Å². The van der Waals surface area contributed by atoms with Crippen LogP contribution in [-0.2, 0) is 0 Å².